The third-order valence-corrected chi connectivity index (χ3v) is 4.41. The number of rotatable bonds is 8. The summed E-state index contributed by atoms with van der Waals surface area (Å²) in [6, 6.07) is 0. The molecule has 8 heteroatoms. The van der Waals surface area contributed by atoms with Crippen LogP contribution in [0.3, 0.4) is 0 Å². The van der Waals surface area contributed by atoms with Gasteiger partial charge in [0.25, 0.3) is 6.47 Å². The van der Waals surface area contributed by atoms with E-state index in [1.54, 1.807) is 11.0 Å². The minimum atomic E-state index is -0.250. The van der Waals surface area contributed by atoms with Crippen molar-refractivity contribution >= 4 is 12.4 Å². The molecular formula is C18H32N4O4. The number of aromatic nitrogens is 3. The lowest BCUT2D eigenvalue weighted by Gasteiger charge is -2.40. The average molecular weight is 368 g/mol. The zero-order valence-corrected chi connectivity index (χ0v) is 16.1. The quantitative estimate of drug-likeness (QED) is 0.707. The molecule has 26 heavy (non-hydrogen) atoms. The molecule has 2 atom stereocenters. The Hall–Kier alpha value is -1.96. The highest BCUT2D eigenvalue weighted by Crippen LogP contribution is 2.21. The molecule has 2 rings (SSSR count). The number of nitrogens with zero attached hydrogens (tertiary/aromatic N) is 4. The monoisotopic (exact) mass is 368 g/mol. The molecule has 0 saturated carbocycles. The largest absolute Gasteiger partial charge is 0.483 e. The van der Waals surface area contributed by atoms with Crippen molar-refractivity contribution in [3.8, 4) is 0 Å². The van der Waals surface area contributed by atoms with Crippen molar-refractivity contribution in [1.29, 1.82) is 0 Å². The van der Waals surface area contributed by atoms with Gasteiger partial charge in [-0.1, -0.05) is 33.6 Å². The van der Waals surface area contributed by atoms with Gasteiger partial charge in [-0.15, -0.1) is 0 Å². The summed E-state index contributed by atoms with van der Waals surface area (Å²) in [6.45, 7) is 8.48. The van der Waals surface area contributed by atoms with Gasteiger partial charge in [-0.25, -0.2) is 4.98 Å². The number of unbranched alkanes of at least 4 members (excludes halogenated alkanes) is 1. The summed E-state index contributed by atoms with van der Waals surface area (Å²) in [7, 11) is 0. The summed E-state index contributed by atoms with van der Waals surface area (Å²) in [5, 5.41) is 11.0. The summed E-state index contributed by atoms with van der Waals surface area (Å²) in [5.74, 6) is 0.672. The Balaban J connectivity index is 0.00000105. The highest BCUT2D eigenvalue weighted by molar-refractivity contribution is 5.76. The van der Waals surface area contributed by atoms with Crippen LogP contribution in [-0.2, 0) is 20.9 Å². The highest BCUT2D eigenvalue weighted by Gasteiger charge is 2.31. The normalized spacial score (nSPS) is 19.8. The number of hydrogen-bond acceptors (Lipinski definition) is 5. The molecule has 0 aromatic carbocycles. The van der Waals surface area contributed by atoms with Crippen LogP contribution in [0.4, 0.5) is 0 Å². The molecule has 0 spiro atoms. The molecule has 148 valence electrons. The van der Waals surface area contributed by atoms with E-state index in [-0.39, 0.29) is 24.6 Å². The van der Waals surface area contributed by atoms with E-state index < -0.39 is 0 Å². The molecule has 1 amide bonds. The molecular weight excluding hydrogens is 336 g/mol. The second-order valence-corrected chi connectivity index (χ2v) is 6.85. The van der Waals surface area contributed by atoms with Crippen LogP contribution >= 0.6 is 0 Å². The predicted molar refractivity (Wildman–Crippen MR) is 97.6 cm³/mol. The number of carbonyl (C=O) groups is 2. The first-order valence-electron chi connectivity index (χ1n) is 9.35. The van der Waals surface area contributed by atoms with Crippen molar-refractivity contribution in [2.75, 3.05) is 13.1 Å². The summed E-state index contributed by atoms with van der Waals surface area (Å²) in [6.07, 6.45) is 8.28. The van der Waals surface area contributed by atoms with Gasteiger partial charge in [0.2, 0.25) is 5.91 Å². The summed E-state index contributed by atoms with van der Waals surface area (Å²) >= 11 is 0. The van der Waals surface area contributed by atoms with E-state index in [0.29, 0.717) is 12.3 Å². The number of morpholine rings is 1. The topological polar surface area (TPSA) is 97.5 Å². The zero-order chi connectivity index (χ0) is 19.4. The number of ether oxygens (including phenoxy) is 1. The van der Waals surface area contributed by atoms with Crippen LogP contribution in [0.15, 0.2) is 12.7 Å². The fourth-order valence-electron chi connectivity index (χ4n) is 2.93. The number of carbonyl (C=O) groups excluding carboxylic acids is 1. The first-order chi connectivity index (χ1) is 12.5. The van der Waals surface area contributed by atoms with Gasteiger partial charge in [-0.2, -0.15) is 5.10 Å². The molecule has 1 N–H and O–H groups in total. The van der Waals surface area contributed by atoms with Crippen molar-refractivity contribution < 1.29 is 19.4 Å². The number of carboxylic acid groups (broad SMARTS) is 1. The average Bonchev–Trinajstić information content (AvgIpc) is 3.13. The van der Waals surface area contributed by atoms with E-state index in [0.717, 1.165) is 45.3 Å². The molecule has 1 fully saturated rings. The molecule has 1 aliphatic rings. The molecule has 1 aromatic rings. The van der Waals surface area contributed by atoms with Gasteiger partial charge in [0.15, 0.2) is 0 Å². The van der Waals surface area contributed by atoms with Gasteiger partial charge >= 0.3 is 0 Å². The van der Waals surface area contributed by atoms with Gasteiger partial charge in [-0.3, -0.25) is 14.3 Å². The first kappa shape index (κ1) is 22.1. The van der Waals surface area contributed by atoms with Crippen LogP contribution < -0.4 is 0 Å². The number of aryl methyl sites for hydroxylation is 1. The predicted octanol–water partition coefficient (Wildman–Crippen LogP) is 2.20. The fourth-order valence-corrected chi connectivity index (χ4v) is 2.93. The summed E-state index contributed by atoms with van der Waals surface area (Å²) in [4.78, 5) is 26.8. The summed E-state index contributed by atoms with van der Waals surface area (Å²) in [5.41, 5.74) is 0. The Morgan fingerprint density at radius 3 is 2.69 bits per heavy atom. The van der Waals surface area contributed by atoms with E-state index in [2.05, 4.69) is 30.9 Å². The maximum Gasteiger partial charge on any atom is 0.290 e. The van der Waals surface area contributed by atoms with Crippen LogP contribution in [0.25, 0.3) is 0 Å². The molecule has 1 aliphatic heterocycles. The highest BCUT2D eigenvalue weighted by atomic mass is 16.5. The van der Waals surface area contributed by atoms with Crippen molar-refractivity contribution in [3.05, 3.63) is 12.7 Å². The lowest BCUT2D eigenvalue weighted by molar-refractivity contribution is -0.150. The van der Waals surface area contributed by atoms with Crippen molar-refractivity contribution in [1.82, 2.24) is 19.7 Å². The van der Waals surface area contributed by atoms with Gasteiger partial charge < -0.3 is 14.7 Å². The van der Waals surface area contributed by atoms with E-state index >= 15 is 0 Å². The molecule has 0 bridgehead atoms. The number of amides is 1. The Labute approximate surface area is 155 Å². The van der Waals surface area contributed by atoms with E-state index in [9.17, 15) is 4.79 Å². The maximum atomic E-state index is 12.5. The van der Waals surface area contributed by atoms with Gasteiger partial charge in [-0.05, 0) is 18.8 Å². The molecule has 2 heterocycles. The Bertz CT molecular complexity index is 507. The Kier molecular flexibility index (Phi) is 10.5. The van der Waals surface area contributed by atoms with Crippen LogP contribution in [0.1, 0.15) is 52.9 Å². The van der Waals surface area contributed by atoms with Crippen LogP contribution in [0.5, 0.6) is 0 Å². The molecule has 0 aliphatic carbocycles. The van der Waals surface area contributed by atoms with Crippen molar-refractivity contribution in [2.45, 2.75) is 71.6 Å². The van der Waals surface area contributed by atoms with Gasteiger partial charge in [0, 0.05) is 26.1 Å². The third-order valence-electron chi connectivity index (χ3n) is 4.41. The molecule has 1 aromatic heterocycles. The van der Waals surface area contributed by atoms with E-state index in [1.165, 1.54) is 6.33 Å². The lowest BCUT2D eigenvalue weighted by atomic mass is 10.0. The fraction of sp³-hybridized carbons (Fsp3) is 0.778. The molecule has 8 nitrogen and oxygen atoms in total. The van der Waals surface area contributed by atoms with E-state index in [4.69, 9.17) is 14.6 Å². The standard InChI is InChI=1S/C17H30N4O2.CH2O2/c1-4-5-7-15-10-20(11-16(23-15)14(2)3)17(22)8-6-9-21-13-18-12-19-21;2-1-3/h12-16H,4-11H2,1-3H3;1H,(H,2,3)/t15-,16-;/m1./s1. The molecule has 0 unspecified atom stereocenters. The molecule has 1 saturated heterocycles. The second kappa shape index (κ2) is 12.4. The van der Waals surface area contributed by atoms with Gasteiger partial charge in [0.05, 0.1) is 12.2 Å². The first-order valence-corrected chi connectivity index (χ1v) is 9.35. The SMILES string of the molecule is CCCC[C@@H]1CN(C(=O)CCCn2cncn2)C[C@H](C(C)C)O1.O=CO. The summed E-state index contributed by atoms with van der Waals surface area (Å²) < 4.78 is 7.95. The van der Waals surface area contributed by atoms with Crippen molar-refractivity contribution in [2.24, 2.45) is 5.92 Å². The Morgan fingerprint density at radius 2 is 2.12 bits per heavy atom. The van der Waals surface area contributed by atoms with Crippen molar-refractivity contribution in [3.63, 3.8) is 0 Å². The zero-order valence-electron chi connectivity index (χ0n) is 16.1. The van der Waals surface area contributed by atoms with Gasteiger partial charge in [0.1, 0.15) is 12.7 Å². The lowest BCUT2D eigenvalue weighted by Crippen LogP contribution is -2.51. The Morgan fingerprint density at radius 1 is 1.38 bits per heavy atom. The number of hydrogen-bond donors (Lipinski definition) is 1. The van der Waals surface area contributed by atoms with Crippen LogP contribution in [-0.4, -0.2) is 62.4 Å². The second-order valence-electron chi connectivity index (χ2n) is 6.85. The third kappa shape index (κ3) is 7.95. The smallest absolute Gasteiger partial charge is 0.290 e. The minimum absolute atomic E-state index is 0.157. The van der Waals surface area contributed by atoms with Crippen LogP contribution in [0, 0.1) is 5.92 Å². The minimum Gasteiger partial charge on any atom is -0.483 e. The van der Waals surface area contributed by atoms with Crippen LogP contribution in [0.2, 0.25) is 0 Å². The van der Waals surface area contributed by atoms with E-state index in [1.807, 2.05) is 4.90 Å². The molecule has 0 radical (unpaired) electrons. The maximum absolute atomic E-state index is 12.5.